The summed E-state index contributed by atoms with van der Waals surface area (Å²) in [7, 11) is 0. The molecular weight excluding hydrogens is 261 g/mol. The highest BCUT2D eigenvalue weighted by atomic mass is 19.1. The highest BCUT2D eigenvalue weighted by Crippen LogP contribution is 2.26. The third-order valence-electron chi connectivity index (χ3n) is 4.11. The molecular formula is C14H16FN3O2. The average molecular weight is 277 g/mol. The van der Waals surface area contributed by atoms with Crippen LogP contribution in [0.2, 0.25) is 0 Å². The van der Waals surface area contributed by atoms with Gasteiger partial charge in [0.25, 0.3) is 5.91 Å². The van der Waals surface area contributed by atoms with Crippen molar-refractivity contribution in [3.63, 3.8) is 0 Å². The maximum absolute atomic E-state index is 13.6. The predicted molar refractivity (Wildman–Crippen MR) is 69.4 cm³/mol. The maximum atomic E-state index is 13.6. The second-order valence-corrected chi connectivity index (χ2v) is 5.37. The minimum Gasteiger partial charge on any atom is -0.353 e. The summed E-state index contributed by atoms with van der Waals surface area (Å²) in [5.74, 6) is -0.515. The molecule has 2 unspecified atom stereocenters. The van der Waals surface area contributed by atoms with Gasteiger partial charge in [-0.2, -0.15) is 0 Å². The minimum absolute atomic E-state index is 0.0679. The Labute approximate surface area is 116 Å². The van der Waals surface area contributed by atoms with E-state index in [4.69, 9.17) is 0 Å². The van der Waals surface area contributed by atoms with E-state index in [0.29, 0.717) is 19.5 Å². The van der Waals surface area contributed by atoms with Gasteiger partial charge < -0.3 is 10.2 Å². The van der Waals surface area contributed by atoms with Crippen LogP contribution in [0.15, 0.2) is 18.5 Å². The van der Waals surface area contributed by atoms with Gasteiger partial charge in [-0.25, -0.2) is 4.39 Å². The number of nitrogens with zero attached hydrogens (tertiary/aromatic N) is 2. The predicted octanol–water partition coefficient (Wildman–Crippen LogP) is 0.961. The Morgan fingerprint density at radius 3 is 3.10 bits per heavy atom. The van der Waals surface area contributed by atoms with Crippen LogP contribution in [0.5, 0.6) is 0 Å². The number of hydrogen-bond donors (Lipinski definition) is 1. The van der Waals surface area contributed by atoms with Gasteiger partial charge in [0.15, 0.2) is 5.82 Å². The lowest BCUT2D eigenvalue weighted by Gasteiger charge is -2.41. The number of pyridine rings is 1. The number of fused-ring (bicyclic) bond motifs is 1. The first kappa shape index (κ1) is 13.0. The number of rotatable bonds is 1. The summed E-state index contributed by atoms with van der Waals surface area (Å²) in [6.45, 7) is 1.12. The van der Waals surface area contributed by atoms with Crippen LogP contribution in [0.25, 0.3) is 0 Å². The van der Waals surface area contributed by atoms with Crippen molar-refractivity contribution in [1.29, 1.82) is 0 Å². The Balaban J connectivity index is 1.72. The van der Waals surface area contributed by atoms with Crippen molar-refractivity contribution < 1.29 is 14.0 Å². The zero-order chi connectivity index (χ0) is 14.1. The van der Waals surface area contributed by atoms with Crippen molar-refractivity contribution in [2.24, 2.45) is 5.92 Å². The van der Waals surface area contributed by atoms with Crippen LogP contribution in [0, 0.1) is 11.7 Å². The fourth-order valence-electron chi connectivity index (χ4n) is 3.01. The first-order valence-electron chi connectivity index (χ1n) is 6.83. The number of hydrogen-bond acceptors (Lipinski definition) is 3. The lowest BCUT2D eigenvalue weighted by molar-refractivity contribution is -0.125. The van der Waals surface area contributed by atoms with E-state index in [2.05, 4.69) is 10.3 Å². The quantitative estimate of drug-likeness (QED) is 0.831. The Morgan fingerprint density at radius 2 is 2.30 bits per heavy atom. The Bertz CT molecular complexity index is 549. The zero-order valence-corrected chi connectivity index (χ0v) is 11.0. The Morgan fingerprint density at radius 1 is 1.45 bits per heavy atom. The van der Waals surface area contributed by atoms with E-state index in [1.54, 1.807) is 4.90 Å². The van der Waals surface area contributed by atoms with Gasteiger partial charge in [-0.3, -0.25) is 14.6 Å². The second kappa shape index (κ2) is 5.19. The highest BCUT2D eigenvalue weighted by Gasteiger charge is 2.35. The third-order valence-corrected chi connectivity index (χ3v) is 4.11. The summed E-state index contributed by atoms with van der Waals surface area (Å²) < 4.78 is 13.6. The Kier molecular flexibility index (Phi) is 3.38. The number of aromatic nitrogens is 1. The number of nitrogens with one attached hydrogen (secondary N) is 1. The largest absolute Gasteiger partial charge is 0.353 e. The third kappa shape index (κ3) is 2.37. The van der Waals surface area contributed by atoms with Gasteiger partial charge in [0.05, 0.1) is 11.8 Å². The van der Waals surface area contributed by atoms with E-state index in [-0.39, 0.29) is 29.3 Å². The highest BCUT2D eigenvalue weighted by molar-refractivity contribution is 5.94. The molecule has 1 N–H and O–H groups in total. The summed E-state index contributed by atoms with van der Waals surface area (Å²) in [6, 6.07) is 1.56. The van der Waals surface area contributed by atoms with Crippen LogP contribution >= 0.6 is 0 Å². The summed E-state index contributed by atoms with van der Waals surface area (Å²) in [5.41, 5.74) is 0.0679. The lowest BCUT2D eigenvalue weighted by Crippen LogP contribution is -2.55. The fraction of sp³-hybridized carbons (Fsp3) is 0.500. The van der Waals surface area contributed by atoms with Gasteiger partial charge in [-0.05, 0) is 24.8 Å². The summed E-state index contributed by atoms with van der Waals surface area (Å²) in [6.07, 6.45) is 4.51. The molecule has 0 aromatic carbocycles. The molecule has 2 aliphatic heterocycles. The number of carbonyl (C=O) groups is 2. The molecule has 0 radical (unpaired) electrons. The van der Waals surface area contributed by atoms with Crippen LogP contribution in [0.4, 0.5) is 4.39 Å². The van der Waals surface area contributed by atoms with Crippen LogP contribution in [0.3, 0.4) is 0 Å². The first-order chi connectivity index (χ1) is 9.65. The number of likely N-dealkylation sites (tertiary alicyclic amines) is 1. The van der Waals surface area contributed by atoms with Crippen molar-refractivity contribution in [1.82, 2.24) is 15.2 Å². The SMILES string of the molecule is O=C1CCC2CN(C(=O)c3ccncc3F)CCC2N1. The van der Waals surface area contributed by atoms with Gasteiger partial charge in [-0.1, -0.05) is 0 Å². The molecule has 2 amide bonds. The van der Waals surface area contributed by atoms with E-state index in [1.165, 1.54) is 12.3 Å². The van der Waals surface area contributed by atoms with E-state index >= 15 is 0 Å². The van der Waals surface area contributed by atoms with Crippen LogP contribution in [0.1, 0.15) is 29.6 Å². The van der Waals surface area contributed by atoms with Gasteiger partial charge in [0, 0.05) is 31.7 Å². The van der Waals surface area contributed by atoms with Crippen molar-refractivity contribution in [3.05, 3.63) is 29.8 Å². The van der Waals surface area contributed by atoms with E-state index in [1.807, 2.05) is 0 Å². The molecule has 6 heteroatoms. The molecule has 0 spiro atoms. The molecule has 2 saturated heterocycles. The molecule has 2 fully saturated rings. The molecule has 106 valence electrons. The van der Waals surface area contributed by atoms with Gasteiger partial charge in [0.2, 0.25) is 5.91 Å². The van der Waals surface area contributed by atoms with Crippen molar-refractivity contribution in [2.75, 3.05) is 13.1 Å². The normalized spacial score (nSPS) is 25.9. The number of halogens is 1. The molecule has 1 aromatic rings. The van der Waals surface area contributed by atoms with Crippen molar-refractivity contribution >= 4 is 11.8 Å². The number of piperidine rings is 2. The summed E-state index contributed by atoms with van der Waals surface area (Å²) in [5, 5.41) is 2.97. The van der Waals surface area contributed by atoms with E-state index in [9.17, 15) is 14.0 Å². The number of amides is 2. The van der Waals surface area contributed by atoms with Crippen molar-refractivity contribution in [3.8, 4) is 0 Å². The average Bonchev–Trinajstić information content (AvgIpc) is 2.46. The smallest absolute Gasteiger partial charge is 0.256 e. The Hall–Kier alpha value is -1.98. The second-order valence-electron chi connectivity index (χ2n) is 5.37. The molecule has 3 heterocycles. The van der Waals surface area contributed by atoms with Gasteiger partial charge >= 0.3 is 0 Å². The molecule has 3 rings (SSSR count). The summed E-state index contributed by atoms with van der Waals surface area (Å²) in [4.78, 5) is 29.0. The maximum Gasteiger partial charge on any atom is 0.256 e. The monoisotopic (exact) mass is 277 g/mol. The molecule has 20 heavy (non-hydrogen) atoms. The zero-order valence-electron chi connectivity index (χ0n) is 11.0. The molecule has 2 atom stereocenters. The molecule has 5 nitrogen and oxygen atoms in total. The number of carbonyl (C=O) groups excluding carboxylic acids is 2. The molecule has 0 saturated carbocycles. The van der Waals surface area contributed by atoms with Crippen LogP contribution in [-0.2, 0) is 4.79 Å². The molecule has 2 aliphatic rings. The van der Waals surface area contributed by atoms with Gasteiger partial charge in [0.1, 0.15) is 0 Å². The van der Waals surface area contributed by atoms with E-state index in [0.717, 1.165) is 19.0 Å². The lowest BCUT2D eigenvalue weighted by atomic mass is 9.85. The topological polar surface area (TPSA) is 62.3 Å². The molecule has 0 bridgehead atoms. The van der Waals surface area contributed by atoms with Crippen LogP contribution in [-0.4, -0.2) is 40.8 Å². The van der Waals surface area contributed by atoms with Gasteiger partial charge in [-0.15, -0.1) is 0 Å². The first-order valence-corrected chi connectivity index (χ1v) is 6.83. The summed E-state index contributed by atoms with van der Waals surface area (Å²) >= 11 is 0. The minimum atomic E-state index is -0.587. The standard InChI is InChI=1S/C14H16FN3O2/c15-11-7-16-5-3-10(11)14(20)18-6-4-12-9(8-18)1-2-13(19)17-12/h3,5,7,9,12H,1-2,4,6,8H2,(H,17,19). The molecule has 0 aliphatic carbocycles. The molecule has 1 aromatic heterocycles. The van der Waals surface area contributed by atoms with E-state index < -0.39 is 5.82 Å². The van der Waals surface area contributed by atoms with Crippen molar-refractivity contribution in [2.45, 2.75) is 25.3 Å². The fourth-order valence-corrected chi connectivity index (χ4v) is 3.01. The van der Waals surface area contributed by atoms with Crippen LogP contribution < -0.4 is 5.32 Å².